The van der Waals surface area contributed by atoms with E-state index >= 15 is 0 Å². The van der Waals surface area contributed by atoms with Gasteiger partial charge in [0.15, 0.2) is 0 Å². The maximum atomic E-state index is 13.4. The van der Waals surface area contributed by atoms with Gasteiger partial charge < -0.3 is 5.32 Å². The number of sulfonamides is 1. The average Bonchev–Trinajstić information content (AvgIpc) is 2.72. The average molecular weight is 483 g/mol. The minimum Gasteiger partial charge on any atom is -0.325 e. The first-order valence-corrected chi connectivity index (χ1v) is 11.1. The van der Waals surface area contributed by atoms with Gasteiger partial charge in [-0.15, -0.1) is 0 Å². The molecule has 0 saturated carbocycles. The number of hydrogen-bond acceptors (Lipinski definition) is 3. The highest BCUT2D eigenvalue weighted by Crippen LogP contribution is 2.38. The van der Waals surface area contributed by atoms with Crippen LogP contribution in [-0.4, -0.2) is 20.9 Å². The molecule has 0 unspecified atom stereocenters. The quantitative estimate of drug-likeness (QED) is 0.504. The van der Waals surface area contributed by atoms with Gasteiger partial charge in [-0.2, -0.15) is 13.2 Å². The van der Waals surface area contributed by atoms with E-state index in [4.69, 9.17) is 11.6 Å². The molecule has 0 aliphatic heterocycles. The summed E-state index contributed by atoms with van der Waals surface area (Å²) in [6.45, 7) is 1.07. The van der Waals surface area contributed by atoms with Crippen molar-refractivity contribution in [2.24, 2.45) is 0 Å². The molecule has 10 heteroatoms. The molecule has 0 bridgehead atoms. The lowest BCUT2D eigenvalue weighted by molar-refractivity contribution is -0.137. The first-order chi connectivity index (χ1) is 15.0. The molecule has 3 rings (SSSR count). The second-order valence-corrected chi connectivity index (χ2v) is 9.17. The van der Waals surface area contributed by atoms with Crippen molar-refractivity contribution in [2.75, 3.05) is 16.2 Å². The maximum Gasteiger partial charge on any atom is 0.417 e. The maximum absolute atomic E-state index is 13.4. The smallest absolute Gasteiger partial charge is 0.325 e. The van der Waals surface area contributed by atoms with Crippen molar-refractivity contribution >= 4 is 38.9 Å². The molecule has 0 saturated heterocycles. The van der Waals surface area contributed by atoms with E-state index in [1.54, 1.807) is 24.3 Å². The molecular formula is C22H18ClF3N2O3S. The van der Waals surface area contributed by atoms with Crippen molar-refractivity contribution in [3.8, 4) is 0 Å². The molecule has 3 aromatic carbocycles. The molecule has 1 N–H and O–H groups in total. The molecule has 0 atom stereocenters. The summed E-state index contributed by atoms with van der Waals surface area (Å²) in [6.07, 6.45) is -4.81. The van der Waals surface area contributed by atoms with Crippen LogP contribution >= 0.6 is 11.6 Å². The second kappa shape index (κ2) is 9.22. The number of alkyl halides is 3. The highest BCUT2D eigenvalue weighted by Gasteiger charge is 2.35. The fourth-order valence-corrected chi connectivity index (χ4v) is 4.63. The Morgan fingerprint density at radius 3 is 2.31 bits per heavy atom. The van der Waals surface area contributed by atoms with Crippen molar-refractivity contribution in [3.05, 3.63) is 88.9 Å². The number of halogens is 4. The third-order valence-electron chi connectivity index (χ3n) is 4.46. The van der Waals surface area contributed by atoms with Gasteiger partial charge in [-0.1, -0.05) is 41.9 Å². The number of hydrogen-bond donors (Lipinski definition) is 1. The van der Waals surface area contributed by atoms with Crippen LogP contribution in [0.25, 0.3) is 0 Å². The van der Waals surface area contributed by atoms with Gasteiger partial charge in [0, 0.05) is 5.69 Å². The van der Waals surface area contributed by atoms with E-state index in [0.29, 0.717) is 16.1 Å². The molecular weight excluding hydrogens is 465 g/mol. The third-order valence-corrected chi connectivity index (χ3v) is 6.58. The van der Waals surface area contributed by atoms with E-state index in [2.05, 4.69) is 5.32 Å². The van der Waals surface area contributed by atoms with Crippen LogP contribution in [0.5, 0.6) is 0 Å². The molecule has 0 aliphatic carbocycles. The van der Waals surface area contributed by atoms with Crippen molar-refractivity contribution < 1.29 is 26.4 Å². The van der Waals surface area contributed by atoms with Gasteiger partial charge in [0.2, 0.25) is 5.91 Å². The molecule has 168 valence electrons. The summed E-state index contributed by atoms with van der Waals surface area (Å²) in [5.41, 5.74) is -0.253. The molecule has 0 aromatic heterocycles. The Morgan fingerprint density at radius 1 is 1.00 bits per heavy atom. The van der Waals surface area contributed by atoms with Crippen LogP contribution in [-0.2, 0) is 21.0 Å². The van der Waals surface area contributed by atoms with E-state index < -0.39 is 39.2 Å². The van der Waals surface area contributed by atoms with Gasteiger partial charge in [0.1, 0.15) is 6.54 Å². The van der Waals surface area contributed by atoms with Crippen LogP contribution in [0.4, 0.5) is 24.5 Å². The number of anilines is 2. The lowest BCUT2D eigenvalue weighted by Crippen LogP contribution is -2.38. The van der Waals surface area contributed by atoms with Gasteiger partial charge in [0.25, 0.3) is 10.0 Å². The van der Waals surface area contributed by atoms with Gasteiger partial charge in [-0.05, 0) is 55.0 Å². The van der Waals surface area contributed by atoms with E-state index in [-0.39, 0.29) is 10.6 Å². The zero-order valence-electron chi connectivity index (χ0n) is 16.7. The van der Waals surface area contributed by atoms with Crippen LogP contribution in [0.1, 0.15) is 11.1 Å². The summed E-state index contributed by atoms with van der Waals surface area (Å²) >= 11 is 5.68. The predicted octanol–water partition coefficient (Wildman–Crippen LogP) is 5.50. The zero-order chi connectivity index (χ0) is 23.5. The Morgan fingerprint density at radius 2 is 1.69 bits per heavy atom. The van der Waals surface area contributed by atoms with Crippen molar-refractivity contribution in [1.82, 2.24) is 0 Å². The minimum atomic E-state index is -4.81. The Bertz CT molecular complexity index is 1230. The number of nitrogens with one attached hydrogen (secondary N) is 1. The molecule has 3 aromatic rings. The number of carbonyl (C=O) groups excluding carboxylic acids is 1. The zero-order valence-corrected chi connectivity index (χ0v) is 18.3. The first kappa shape index (κ1) is 23.6. The molecule has 0 heterocycles. The number of rotatable bonds is 6. The standard InChI is InChI=1S/C22H18ClF3N2O3S/c1-15-6-5-7-16(12-15)27-21(29)14-28(32(30,31)18-8-3-2-4-9-18)17-10-11-20(23)19(13-17)22(24,25)26/h2-13H,14H2,1H3,(H,27,29). The number of aryl methyl sites for hydroxylation is 1. The highest BCUT2D eigenvalue weighted by molar-refractivity contribution is 7.92. The van der Waals surface area contributed by atoms with Crippen LogP contribution in [0.3, 0.4) is 0 Å². The van der Waals surface area contributed by atoms with Gasteiger partial charge in [0.05, 0.1) is 21.2 Å². The molecule has 0 radical (unpaired) electrons. The number of benzene rings is 3. The fourth-order valence-electron chi connectivity index (χ4n) is 2.97. The number of amides is 1. The predicted molar refractivity (Wildman–Crippen MR) is 117 cm³/mol. The lowest BCUT2D eigenvalue weighted by Gasteiger charge is -2.25. The Balaban J connectivity index is 2.04. The minimum absolute atomic E-state index is 0.174. The largest absolute Gasteiger partial charge is 0.417 e. The topological polar surface area (TPSA) is 66.5 Å². The van der Waals surface area contributed by atoms with Crippen LogP contribution in [0, 0.1) is 6.92 Å². The van der Waals surface area contributed by atoms with E-state index in [1.807, 2.05) is 13.0 Å². The third kappa shape index (κ3) is 5.41. The van der Waals surface area contributed by atoms with Crippen LogP contribution in [0.15, 0.2) is 77.7 Å². The van der Waals surface area contributed by atoms with E-state index in [9.17, 15) is 26.4 Å². The fraction of sp³-hybridized carbons (Fsp3) is 0.136. The molecule has 0 aliphatic rings. The van der Waals surface area contributed by atoms with E-state index in [0.717, 1.165) is 17.7 Å². The summed E-state index contributed by atoms with van der Waals surface area (Å²) in [6, 6.07) is 16.6. The van der Waals surface area contributed by atoms with Crippen LogP contribution < -0.4 is 9.62 Å². The molecule has 5 nitrogen and oxygen atoms in total. The molecule has 0 fully saturated rings. The molecule has 32 heavy (non-hydrogen) atoms. The summed E-state index contributed by atoms with van der Waals surface area (Å²) in [7, 11) is -4.36. The SMILES string of the molecule is Cc1cccc(NC(=O)CN(c2ccc(Cl)c(C(F)(F)F)c2)S(=O)(=O)c2ccccc2)c1. The van der Waals surface area contributed by atoms with Gasteiger partial charge in [-0.3, -0.25) is 9.10 Å². The van der Waals surface area contributed by atoms with E-state index in [1.165, 1.54) is 24.3 Å². The van der Waals surface area contributed by atoms with Crippen molar-refractivity contribution in [3.63, 3.8) is 0 Å². The summed E-state index contributed by atoms with van der Waals surface area (Å²) in [4.78, 5) is 12.5. The highest BCUT2D eigenvalue weighted by atomic mass is 35.5. The summed E-state index contributed by atoms with van der Waals surface area (Å²) < 4.78 is 67.2. The summed E-state index contributed by atoms with van der Waals surface area (Å²) in [5.74, 6) is -0.724. The Hall–Kier alpha value is -3.04. The van der Waals surface area contributed by atoms with Crippen molar-refractivity contribution in [1.29, 1.82) is 0 Å². The van der Waals surface area contributed by atoms with Gasteiger partial charge >= 0.3 is 6.18 Å². The van der Waals surface area contributed by atoms with Crippen molar-refractivity contribution in [2.45, 2.75) is 18.0 Å². The Labute approximate surface area is 188 Å². The Kier molecular flexibility index (Phi) is 6.80. The molecule has 0 spiro atoms. The summed E-state index contributed by atoms with van der Waals surface area (Å²) in [5, 5.41) is 1.99. The molecule has 1 amide bonds. The lowest BCUT2D eigenvalue weighted by atomic mass is 10.2. The second-order valence-electron chi connectivity index (χ2n) is 6.90. The van der Waals surface area contributed by atoms with Gasteiger partial charge in [-0.25, -0.2) is 8.42 Å². The monoisotopic (exact) mass is 482 g/mol. The normalized spacial score (nSPS) is 11.8. The number of nitrogens with zero attached hydrogens (tertiary/aromatic N) is 1. The number of carbonyl (C=O) groups is 1. The first-order valence-electron chi connectivity index (χ1n) is 9.29. The van der Waals surface area contributed by atoms with Crippen LogP contribution in [0.2, 0.25) is 5.02 Å².